The van der Waals surface area contributed by atoms with Crippen LogP contribution in [-0.4, -0.2) is 54.0 Å². The van der Waals surface area contributed by atoms with E-state index in [0.717, 1.165) is 19.3 Å². The van der Waals surface area contributed by atoms with Crippen LogP contribution in [0.5, 0.6) is 0 Å². The van der Waals surface area contributed by atoms with E-state index in [2.05, 4.69) is 34.9 Å². The van der Waals surface area contributed by atoms with Crippen LogP contribution in [0.15, 0.2) is 48.5 Å². The van der Waals surface area contributed by atoms with Crippen molar-refractivity contribution in [2.45, 2.75) is 50.5 Å². The number of nitrogens with one attached hydrogen (secondary N) is 2. The highest BCUT2D eigenvalue weighted by Crippen LogP contribution is 2.44. The van der Waals surface area contributed by atoms with Gasteiger partial charge in [0.2, 0.25) is 5.91 Å². The number of alkyl carbamates (subject to hydrolysis) is 1. The fourth-order valence-corrected chi connectivity index (χ4v) is 4.16. The minimum absolute atomic E-state index is 0.0113. The molecule has 182 valence electrons. The predicted octanol–water partition coefficient (Wildman–Crippen LogP) is 3.43. The number of benzene rings is 2. The van der Waals surface area contributed by atoms with Gasteiger partial charge >= 0.3 is 12.1 Å². The van der Waals surface area contributed by atoms with Crippen LogP contribution in [0.1, 0.15) is 55.6 Å². The second-order valence-corrected chi connectivity index (χ2v) is 8.41. The van der Waals surface area contributed by atoms with E-state index in [1.807, 2.05) is 24.3 Å². The van der Waals surface area contributed by atoms with Gasteiger partial charge in [-0.3, -0.25) is 4.79 Å². The van der Waals surface area contributed by atoms with E-state index in [1.54, 1.807) is 0 Å². The number of fused-ring (bicyclic) bond motifs is 3. The minimum Gasteiger partial charge on any atom is -0.479 e. The zero-order valence-electron chi connectivity index (χ0n) is 19.2. The molecule has 2 aromatic rings. The summed E-state index contributed by atoms with van der Waals surface area (Å²) in [5.41, 5.74) is 4.74. The van der Waals surface area contributed by atoms with Crippen molar-refractivity contribution in [3.63, 3.8) is 0 Å². The zero-order chi connectivity index (χ0) is 24.3. The van der Waals surface area contributed by atoms with Gasteiger partial charge in [-0.15, -0.1) is 0 Å². The molecule has 0 saturated heterocycles. The normalized spacial score (nSPS) is 13.0. The van der Waals surface area contributed by atoms with Gasteiger partial charge in [-0.05, 0) is 35.1 Å². The smallest absolute Gasteiger partial charge is 0.407 e. The maximum Gasteiger partial charge on any atom is 0.407 e. The molecule has 0 radical (unpaired) electrons. The predicted molar refractivity (Wildman–Crippen MR) is 127 cm³/mol. The van der Waals surface area contributed by atoms with Crippen molar-refractivity contribution in [2.24, 2.45) is 0 Å². The van der Waals surface area contributed by atoms with Gasteiger partial charge in [0.15, 0.2) is 6.10 Å². The molecule has 8 nitrogen and oxygen atoms in total. The van der Waals surface area contributed by atoms with E-state index >= 15 is 0 Å². The molecule has 1 aliphatic rings. The van der Waals surface area contributed by atoms with Crippen LogP contribution in [0, 0.1) is 0 Å². The monoisotopic (exact) mass is 468 g/mol. The van der Waals surface area contributed by atoms with Crippen molar-refractivity contribution < 1.29 is 29.3 Å². The lowest BCUT2D eigenvalue weighted by Gasteiger charge is -2.14. The van der Waals surface area contributed by atoms with Crippen LogP contribution >= 0.6 is 0 Å². The summed E-state index contributed by atoms with van der Waals surface area (Å²) < 4.78 is 5.51. The molecule has 1 aliphatic carbocycles. The molecule has 2 amide bonds. The van der Waals surface area contributed by atoms with Gasteiger partial charge in [0.25, 0.3) is 0 Å². The summed E-state index contributed by atoms with van der Waals surface area (Å²) >= 11 is 0. The van der Waals surface area contributed by atoms with Crippen LogP contribution in [0.4, 0.5) is 4.79 Å². The molecule has 0 heterocycles. The molecule has 8 heteroatoms. The number of aliphatic hydroxyl groups is 1. The summed E-state index contributed by atoms with van der Waals surface area (Å²) in [6.45, 7) is 0.935. The third-order valence-corrected chi connectivity index (χ3v) is 5.97. The first-order chi connectivity index (χ1) is 16.5. The molecular formula is C26H32N2O6. The van der Waals surface area contributed by atoms with Gasteiger partial charge in [0.05, 0.1) is 0 Å². The summed E-state index contributed by atoms with van der Waals surface area (Å²) in [5.74, 6) is -1.41. The Morgan fingerprint density at radius 2 is 1.47 bits per heavy atom. The minimum atomic E-state index is -1.45. The van der Waals surface area contributed by atoms with E-state index in [1.165, 1.54) is 22.3 Å². The molecule has 0 aliphatic heterocycles. The van der Waals surface area contributed by atoms with Crippen molar-refractivity contribution in [1.82, 2.24) is 10.6 Å². The Bertz CT molecular complexity index is 947. The fraction of sp³-hybridized carbons (Fsp3) is 0.423. The second kappa shape index (κ2) is 12.7. The van der Waals surface area contributed by atoms with Gasteiger partial charge in [-0.25, -0.2) is 9.59 Å². The number of aliphatic hydroxyl groups excluding tert-OH is 1. The van der Waals surface area contributed by atoms with Crippen LogP contribution in [0.3, 0.4) is 0 Å². The zero-order valence-corrected chi connectivity index (χ0v) is 19.2. The van der Waals surface area contributed by atoms with E-state index in [0.29, 0.717) is 26.0 Å². The third kappa shape index (κ3) is 7.05. The number of carbonyl (C=O) groups is 3. The number of ether oxygens (including phenoxy) is 1. The molecule has 34 heavy (non-hydrogen) atoms. The molecule has 4 N–H and O–H groups in total. The first-order valence-corrected chi connectivity index (χ1v) is 11.7. The molecule has 0 unspecified atom stereocenters. The van der Waals surface area contributed by atoms with E-state index in [-0.39, 0.29) is 24.8 Å². The largest absolute Gasteiger partial charge is 0.479 e. The number of rotatable bonds is 13. The van der Waals surface area contributed by atoms with E-state index in [9.17, 15) is 14.4 Å². The van der Waals surface area contributed by atoms with Crippen molar-refractivity contribution >= 4 is 18.0 Å². The average Bonchev–Trinajstić information content (AvgIpc) is 3.15. The maximum absolute atomic E-state index is 12.2. The number of carbonyl (C=O) groups excluding carboxylic acids is 2. The van der Waals surface area contributed by atoms with Crippen molar-refractivity contribution in [1.29, 1.82) is 0 Å². The van der Waals surface area contributed by atoms with Gasteiger partial charge < -0.3 is 25.6 Å². The Morgan fingerprint density at radius 1 is 0.853 bits per heavy atom. The molecule has 0 fully saturated rings. The van der Waals surface area contributed by atoms with Gasteiger partial charge in [-0.1, -0.05) is 61.4 Å². The summed E-state index contributed by atoms with van der Waals surface area (Å²) in [7, 11) is 0. The Kier molecular flexibility index (Phi) is 9.46. The molecule has 2 aromatic carbocycles. The molecule has 0 spiro atoms. The standard InChI is InChI=1S/C26H32N2O6/c29-23(25(31)32)14-16-27-24(30)13-3-1-2-8-15-28-26(33)34-17-22-20-11-6-4-9-18(20)19-10-5-7-12-21(19)22/h4-7,9-12,22-23,29H,1-3,8,13-17H2,(H,27,30)(H,28,33)(H,31,32)/t23-/m0/s1. The SMILES string of the molecule is O=C(CCCCCCNC(=O)OCC1c2ccccc2-c2ccccc21)NCC[C@H](O)C(=O)O. The Hall–Kier alpha value is -3.39. The highest BCUT2D eigenvalue weighted by molar-refractivity contribution is 5.79. The number of hydrogen-bond donors (Lipinski definition) is 4. The van der Waals surface area contributed by atoms with Crippen molar-refractivity contribution in [3.8, 4) is 11.1 Å². The number of carboxylic acid groups (broad SMARTS) is 1. The third-order valence-electron chi connectivity index (χ3n) is 5.97. The summed E-state index contributed by atoms with van der Waals surface area (Å²) in [5, 5.41) is 23.1. The molecule has 0 bridgehead atoms. The Labute approximate surface area is 199 Å². The number of amides is 2. The van der Waals surface area contributed by atoms with E-state index < -0.39 is 18.2 Å². The molecule has 0 aromatic heterocycles. The Morgan fingerprint density at radius 3 is 2.12 bits per heavy atom. The lowest BCUT2D eigenvalue weighted by Crippen LogP contribution is -2.29. The number of aliphatic carboxylic acids is 1. The lowest BCUT2D eigenvalue weighted by molar-refractivity contribution is -0.147. The summed E-state index contributed by atoms with van der Waals surface area (Å²) in [4.78, 5) is 34.3. The number of hydrogen-bond acceptors (Lipinski definition) is 5. The average molecular weight is 469 g/mol. The Balaban J connectivity index is 1.26. The molecule has 3 rings (SSSR count). The quantitative estimate of drug-likeness (QED) is 0.334. The first-order valence-electron chi connectivity index (χ1n) is 11.7. The van der Waals surface area contributed by atoms with Gasteiger partial charge in [0, 0.05) is 31.8 Å². The molecular weight excluding hydrogens is 436 g/mol. The summed E-state index contributed by atoms with van der Waals surface area (Å²) in [6, 6.07) is 16.4. The van der Waals surface area contributed by atoms with Crippen LogP contribution < -0.4 is 10.6 Å². The van der Waals surface area contributed by atoms with E-state index in [4.69, 9.17) is 14.9 Å². The first kappa shape index (κ1) is 25.2. The number of unbranched alkanes of at least 4 members (excludes halogenated alkanes) is 3. The van der Waals surface area contributed by atoms with Crippen molar-refractivity contribution in [3.05, 3.63) is 59.7 Å². The molecule has 0 saturated carbocycles. The molecule has 1 atom stereocenters. The van der Waals surface area contributed by atoms with Crippen LogP contribution in [0.25, 0.3) is 11.1 Å². The van der Waals surface area contributed by atoms with Crippen LogP contribution in [-0.2, 0) is 14.3 Å². The maximum atomic E-state index is 12.2. The van der Waals surface area contributed by atoms with Gasteiger partial charge in [-0.2, -0.15) is 0 Å². The second-order valence-electron chi connectivity index (χ2n) is 8.41. The van der Waals surface area contributed by atoms with Crippen LogP contribution in [0.2, 0.25) is 0 Å². The highest BCUT2D eigenvalue weighted by atomic mass is 16.5. The topological polar surface area (TPSA) is 125 Å². The van der Waals surface area contributed by atoms with Crippen molar-refractivity contribution in [2.75, 3.05) is 19.7 Å². The van der Waals surface area contributed by atoms with Gasteiger partial charge in [0.1, 0.15) is 6.61 Å². The fourth-order valence-electron chi connectivity index (χ4n) is 4.16. The summed E-state index contributed by atoms with van der Waals surface area (Å²) in [6.07, 6.45) is 1.67. The number of carboxylic acids is 1. The highest BCUT2D eigenvalue weighted by Gasteiger charge is 2.28. The lowest BCUT2D eigenvalue weighted by atomic mass is 9.98.